The van der Waals surface area contributed by atoms with Crippen LogP contribution in [0.5, 0.6) is 0 Å². The number of hydrogen-bond donors (Lipinski definition) is 1. The van der Waals surface area contributed by atoms with E-state index in [0.29, 0.717) is 11.4 Å². The van der Waals surface area contributed by atoms with E-state index in [1.807, 2.05) is 39.0 Å². The van der Waals surface area contributed by atoms with Gasteiger partial charge in [0.2, 0.25) is 0 Å². The van der Waals surface area contributed by atoms with Crippen molar-refractivity contribution >= 4 is 27.7 Å². The van der Waals surface area contributed by atoms with Crippen molar-refractivity contribution in [2.24, 2.45) is 4.99 Å². The highest BCUT2D eigenvalue weighted by Gasteiger charge is 2.16. The molecule has 0 atom stereocenters. The molecule has 126 valence electrons. The van der Waals surface area contributed by atoms with Crippen molar-refractivity contribution in [3.05, 3.63) is 42.0 Å². The molecule has 0 bridgehead atoms. The van der Waals surface area contributed by atoms with Crippen LogP contribution in [0.15, 0.2) is 45.8 Å². The highest BCUT2D eigenvalue weighted by atomic mass is 16.3. The van der Waals surface area contributed by atoms with Crippen LogP contribution in [-0.4, -0.2) is 16.1 Å². The fourth-order valence-corrected chi connectivity index (χ4v) is 2.51. The van der Waals surface area contributed by atoms with Crippen molar-refractivity contribution in [2.45, 2.75) is 52.6 Å². The molecule has 4 nitrogen and oxygen atoms in total. The predicted octanol–water partition coefficient (Wildman–Crippen LogP) is 4.89. The van der Waals surface area contributed by atoms with Crippen LogP contribution in [0.25, 0.3) is 21.9 Å². The van der Waals surface area contributed by atoms with Gasteiger partial charge in [-0.15, -0.1) is 0 Å². The highest BCUT2D eigenvalue weighted by molar-refractivity contribution is 5.94. The second-order valence-electron chi connectivity index (χ2n) is 8.19. The lowest BCUT2D eigenvalue weighted by atomic mass is 10.1. The number of anilines is 1. The molecule has 0 saturated heterocycles. The Labute approximate surface area is 142 Å². The molecule has 0 aliphatic heterocycles. The van der Waals surface area contributed by atoms with E-state index in [9.17, 15) is 0 Å². The summed E-state index contributed by atoms with van der Waals surface area (Å²) >= 11 is 0. The lowest BCUT2D eigenvalue weighted by Crippen LogP contribution is -2.31. The van der Waals surface area contributed by atoms with E-state index in [2.05, 4.69) is 44.3 Å². The molecule has 0 fully saturated rings. The molecule has 0 spiro atoms. The smallest absolute Gasteiger partial charge is 0.258 e. The Balaban J connectivity index is 2.31. The van der Waals surface area contributed by atoms with Gasteiger partial charge in [-0.05, 0) is 64.4 Å². The molecule has 0 amide bonds. The minimum atomic E-state index is -0.246. The normalized spacial score (nSPS) is 13.7. The number of fused-ring (bicyclic) bond motifs is 2. The molecule has 0 saturated carbocycles. The molecule has 24 heavy (non-hydrogen) atoms. The highest BCUT2D eigenvalue weighted by Crippen LogP contribution is 2.22. The lowest BCUT2D eigenvalue weighted by molar-refractivity contribution is 0.473. The van der Waals surface area contributed by atoms with Gasteiger partial charge in [0.1, 0.15) is 5.52 Å². The monoisotopic (exact) mass is 323 g/mol. The molecular formula is C20H25N3O. The third-order valence-electron chi connectivity index (χ3n) is 3.40. The number of benzene rings is 2. The molecule has 0 unspecified atom stereocenters. The molecular weight excluding hydrogens is 298 g/mol. The van der Waals surface area contributed by atoms with Crippen LogP contribution in [0.4, 0.5) is 5.82 Å². The number of hydrogen-bond acceptors (Lipinski definition) is 4. The van der Waals surface area contributed by atoms with Crippen molar-refractivity contribution in [2.75, 3.05) is 5.32 Å². The average molecular weight is 323 g/mol. The molecule has 0 aliphatic carbocycles. The second-order valence-corrected chi connectivity index (χ2v) is 8.19. The fraction of sp³-hybridized carbons (Fsp3) is 0.400. The Morgan fingerprint density at radius 3 is 2.17 bits per heavy atom. The van der Waals surface area contributed by atoms with Crippen LogP contribution in [0.2, 0.25) is 0 Å². The van der Waals surface area contributed by atoms with Crippen molar-refractivity contribution in [1.82, 2.24) is 4.98 Å². The SMILES string of the molecule is CC(C)(C)N=c1oc2cc3ccccc3cc2nc1NC(C)(C)C. The van der Waals surface area contributed by atoms with Gasteiger partial charge in [0.05, 0.1) is 5.54 Å². The Hall–Kier alpha value is -2.36. The van der Waals surface area contributed by atoms with E-state index in [1.54, 1.807) is 0 Å². The van der Waals surface area contributed by atoms with Gasteiger partial charge < -0.3 is 9.73 Å². The van der Waals surface area contributed by atoms with Gasteiger partial charge in [-0.25, -0.2) is 9.98 Å². The first-order chi connectivity index (χ1) is 11.1. The second kappa shape index (κ2) is 5.62. The average Bonchev–Trinajstić information content (AvgIpc) is 2.43. The summed E-state index contributed by atoms with van der Waals surface area (Å²) in [6.07, 6.45) is 0. The molecule has 2 aromatic carbocycles. The Morgan fingerprint density at radius 1 is 0.958 bits per heavy atom. The Morgan fingerprint density at radius 2 is 1.58 bits per heavy atom. The zero-order valence-corrected chi connectivity index (χ0v) is 15.3. The quantitative estimate of drug-likeness (QED) is 0.649. The Bertz CT molecular complexity index is 956. The molecule has 3 rings (SSSR count). The van der Waals surface area contributed by atoms with Gasteiger partial charge >= 0.3 is 0 Å². The lowest BCUT2D eigenvalue weighted by Gasteiger charge is -2.22. The van der Waals surface area contributed by atoms with Gasteiger partial charge in [-0.1, -0.05) is 24.3 Å². The summed E-state index contributed by atoms with van der Waals surface area (Å²) in [5.41, 5.74) is 1.74. The number of nitrogens with one attached hydrogen (secondary N) is 1. The van der Waals surface area contributed by atoms with Crippen molar-refractivity contribution in [3.63, 3.8) is 0 Å². The molecule has 0 aliphatic rings. The van der Waals surface area contributed by atoms with Gasteiger partial charge in [0.25, 0.3) is 5.55 Å². The third kappa shape index (κ3) is 3.75. The fourth-order valence-electron chi connectivity index (χ4n) is 2.51. The number of aromatic nitrogens is 1. The van der Waals surface area contributed by atoms with Gasteiger partial charge in [0, 0.05) is 5.54 Å². The summed E-state index contributed by atoms with van der Waals surface area (Å²) < 4.78 is 6.13. The first kappa shape index (κ1) is 16.5. The van der Waals surface area contributed by atoms with Crippen molar-refractivity contribution in [1.29, 1.82) is 0 Å². The number of nitrogens with zero attached hydrogens (tertiary/aromatic N) is 2. The van der Waals surface area contributed by atoms with E-state index < -0.39 is 0 Å². The van der Waals surface area contributed by atoms with Crippen LogP contribution >= 0.6 is 0 Å². The third-order valence-corrected chi connectivity index (χ3v) is 3.40. The van der Waals surface area contributed by atoms with Crippen LogP contribution < -0.4 is 10.9 Å². The van der Waals surface area contributed by atoms with Crippen LogP contribution in [-0.2, 0) is 0 Å². The van der Waals surface area contributed by atoms with Gasteiger partial charge in [-0.2, -0.15) is 0 Å². The minimum Gasteiger partial charge on any atom is -0.434 e. The van der Waals surface area contributed by atoms with Crippen LogP contribution in [0.1, 0.15) is 41.5 Å². The molecule has 1 aromatic heterocycles. The summed E-state index contributed by atoms with van der Waals surface area (Å²) in [7, 11) is 0. The first-order valence-electron chi connectivity index (χ1n) is 8.28. The maximum Gasteiger partial charge on any atom is 0.258 e. The van der Waals surface area contributed by atoms with E-state index >= 15 is 0 Å². The molecule has 1 heterocycles. The zero-order chi connectivity index (χ0) is 17.5. The maximum absolute atomic E-state index is 6.13. The predicted molar refractivity (Wildman–Crippen MR) is 100 cm³/mol. The first-order valence-corrected chi connectivity index (χ1v) is 8.28. The Kier molecular flexibility index (Phi) is 3.86. The van der Waals surface area contributed by atoms with E-state index in [0.717, 1.165) is 21.9 Å². The number of rotatable bonds is 1. The molecule has 3 aromatic rings. The summed E-state index contributed by atoms with van der Waals surface area (Å²) in [6, 6.07) is 12.3. The largest absolute Gasteiger partial charge is 0.434 e. The summed E-state index contributed by atoms with van der Waals surface area (Å²) in [6.45, 7) is 12.4. The standard InChI is InChI=1S/C20H25N3O/c1-19(2,3)22-17-18(23-20(4,5)6)24-16-12-14-10-8-7-9-13(14)11-15(16)21-17/h7-12H,1-6H3,(H,21,22). The molecule has 0 radical (unpaired) electrons. The summed E-state index contributed by atoms with van der Waals surface area (Å²) in [4.78, 5) is 9.51. The van der Waals surface area contributed by atoms with E-state index in [-0.39, 0.29) is 11.1 Å². The topological polar surface area (TPSA) is 50.4 Å². The van der Waals surface area contributed by atoms with E-state index in [4.69, 9.17) is 14.4 Å². The minimum absolute atomic E-state index is 0.130. The maximum atomic E-state index is 6.13. The van der Waals surface area contributed by atoms with Gasteiger partial charge in [0.15, 0.2) is 11.4 Å². The van der Waals surface area contributed by atoms with Gasteiger partial charge in [-0.3, -0.25) is 0 Å². The van der Waals surface area contributed by atoms with Crippen LogP contribution in [0.3, 0.4) is 0 Å². The van der Waals surface area contributed by atoms with Crippen molar-refractivity contribution < 1.29 is 4.42 Å². The molecule has 1 N–H and O–H groups in total. The van der Waals surface area contributed by atoms with E-state index in [1.165, 1.54) is 0 Å². The summed E-state index contributed by atoms with van der Waals surface area (Å²) in [5, 5.41) is 5.70. The molecule has 4 heteroatoms. The summed E-state index contributed by atoms with van der Waals surface area (Å²) in [5.74, 6) is 0.681. The zero-order valence-electron chi connectivity index (χ0n) is 15.3. The van der Waals surface area contributed by atoms with Crippen molar-refractivity contribution in [3.8, 4) is 0 Å². The van der Waals surface area contributed by atoms with Crippen LogP contribution in [0, 0.1) is 0 Å².